The van der Waals surface area contributed by atoms with E-state index in [1.54, 1.807) is 10.6 Å². The molecule has 6 nitrogen and oxygen atoms in total. The van der Waals surface area contributed by atoms with Gasteiger partial charge in [-0.15, -0.1) is 15.3 Å². The number of anilines is 1. The van der Waals surface area contributed by atoms with Crippen LogP contribution in [0.4, 0.5) is 10.2 Å². The maximum Gasteiger partial charge on any atom is 0.185 e. The molecule has 0 atom stereocenters. The Kier molecular flexibility index (Phi) is 5.25. The molecule has 1 saturated carbocycles. The normalized spacial score (nSPS) is 15.1. The van der Waals surface area contributed by atoms with Gasteiger partial charge in [0.05, 0.1) is 0 Å². The summed E-state index contributed by atoms with van der Waals surface area (Å²) in [5, 5.41) is 17.1. The topological polar surface area (TPSA) is 58.4 Å². The largest absolute Gasteiger partial charge is 0.368 e. The number of nitrogens with one attached hydrogen (secondary N) is 1. The summed E-state index contributed by atoms with van der Waals surface area (Å²) < 4.78 is 15.4. The second kappa shape index (κ2) is 7.71. The summed E-state index contributed by atoms with van der Waals surface area (Å²) in [6, 6.07) is 8.49. The molecule has 3 aromatic rings. The molecule has 1 aliphatic carbocycles. The Bertz CT molecular complexity index is 1010. The van der Waals surface area contributed by atoms with Crippen molar-refractivity contribution in [3.8, 4) is 11.4 Å². The molecule has 2 heterocycles. The Balaban J connectivity index is 1.71. The van der Waals surface area contributed by atoms with Crippen molar-refractivity contribution in [2.75, 3.05) is 32.5 Å². The number of hydrogen-bond donors (Lipinski definition) is 1. The molecule has 0 unspecified atom stereocenters. The molecule has 0 spiro atoms. The van der Waals surface area contributed by atoms with Crippen LogP contribution in [0.3, 0.4) is 0 Å². The van der Waals surface area contributed by atoms with Gasteiger partial charge in [0, 0.05) is 24.2 Å². The van der Waals surface area contributed by atoms with Gasteiger partial charge in [0.2, 0.25) is 0 Å². The van der Waals surface area contributed by atoms with Crippen LogP contribution >= 0.6 is 0 Å². The molecule has 29 heavy (non-hydrogen) atoms. The van der Waals surface area contributed by atoms with E-state index in [1.165, 1.54) is 37.0 Å². The Labute approximate surface area is 171 Å². The lowest BCUT2D eigenvalue weighted by Gasteiger charge is -2.31. The summed E-state index contributed by atoms with van der Waals surface area (Å²) >= 11 is 0. The Morgan fingerprint density at radius 3 is 2.66 bits per heavy atom. The second-order valence-electron chi connectivity index (χ2n) is 9.14. The van der Waals surface area contributed by atoms with Crippen LogP contribution in [0.15, 0.2) is 30.3 Å². The van der Waals surface area contributed by atoms with Gasteiger partial charge in [-0.05, 0) is 56.5 Å². The third kappa shape index (κ3) is 4.24. The smallest absolute Gasteiger partial charge is 0.185 e. The fourth-order valence-electron chi connectivity index (χ4n) is 4.06. The number of hydrogen-bond acceptors (Lipinski definition) is 5. The van der Waals surface area contributed by atoms with Crippen molar-refractivity contribution in [1.82, 2.24) is 24.7 Å². The molecule has 2 aromatic heterocycles. The van der Waals surface area contributed by atoms with Gasteiger partial charge in [-0.25, -0.2) is 4.39 Å². The first-order valence-corrected chi connectivity index (χ1v) is 10.2. The highest BCUT2D eigenvalue weighted by molar-refractivity contribution is 5.61. The first-order chi connectivity index (χ1) is 13.8. The van der Waals surface area contributed by atoms with Crippen molar-refractivity contribution in [2.45, 2.75) is 39.0 Å². The van der Waals surface area contributed by atoms with E-state index in [4.69, 9.17) is 5.10 Å². The first kappa shape index (κ1) is 19.8. The zero-order valence-electron chi connectivity index (χ0n) is 17.6. The summed E-state index contributed by atoms with van der Waals surface area (Å²) in [5.41, 5.74) is 2.67. The average Bonchev–Trinajstić information content (AvgIpc) is 3.00. The molecule has 4 rings (SSSR count). The molecule has 154 valence electrons. The Morgan fingerprint density at radius 2 is 2.00 bits per heavy atom. The molecule has 0 amide bonds. The van der Waals surface area contributed by atoms with E-state index in [9.17, 15) is 4.39 Å². The zero-order valence-corrected chi connectivity index (χ0v) is 17.6. The predicted octanol–water partition coefficient (Wildman–Crippen LogP) is 4.20. The van der Waals surface area contributed by atoms with Crippen molar-refractivity contribution in [3.05, 3.63) is 41.7 Å². The van der Waals surface area contributed by atoms with E-state index in [1.807, 2.05) is 6.07 Å². The average molecular weight is 397 g/mol. The highest BCUT2D eigenvalue weighted by Gasteiger charge is 2.26. The van der Waals surface area contributed by atoms with E-state index in [-0.39, 0.29) is 11.2 Å². The highest BCUT2D eigenvalue weighted by atomic mass is 19.1. The number of rotatable bonds is 7. The van der Waals surface area contributed by atoms with Gasteiger partial charge in [-0.3, -0.25) is 0 Å². The van der Waals surface area contributed by atoms with Crippen LogP contribution in [0.2, 0.25) is 0 Å². The highest BCUT2D eigenvalue weighted by Crippen LogP contribution is 2.40. The van der Waals surface area contributed by atoms with Crippen molar-refractivity contribution in [3.63, 3.8) is 0 Å². The van der Waals surface area contributed by atoms with Crippen molar-refractivity contribution < 1.29 is 4.39 Å². The third-order valence-corrected chi connectivity index (χ3v) is 5.53. The minimum Gasteiger partial charge on any atom is -0.368 e. The number of nitrogens with zero attached hydrogens (tertiary/aromatic N) is 5. The molecule has 1 aromatic carbocycles. The van der Waals surface area contributed by atoms with E-state index in [0.29, 0.717) is 23.0 Å². The van der Waals surface area contributed by atoms with Crippen LogP contribution in [-0.2, 0) is 0 Å². The van der Waals surface area contributed by atoms with Crippen LogP contribution in [0, 0.1) is 11.2 Å². The molecule has 1 aliphatic rings. The summed E-state index contributed by atoms with van der Waals surface area (Å²) in [7, 11) is 4.18. The maximum atomic E-state index is 13.7. The van der Waals surface area contributed by atoms with Gasteiger partial charge in [0.25, 0.3) is 0 Å². The number of aromatic nitrogens is 4. The van der Waals surface area contributed by atoms with Crippen LogP contribution in [0.25, 0.3) is 17.0 Å². The fourth-order valence-corrected chi connectivity index (χ4v) is 4.06. The van der Waals surface area contributed by atoms with Gasteiger partial charge >= 0.3 is 0 Å². The summed E-state index contributed by atoms with van der Waals surface area (Å²) in [4.78, 5) is 2.20. The molecule has 0 saturated heterocycles. The molecule has 0 aliphatic heterocycles. The van der Waals surface area contributed by atoms with Crippen molar-refractivity contribution in [1.29, 1.82) is 0 Å². The Hall–Kier alpha value is -2.54. The fraction of sp³-hybridized carbons (Fsp3) is 0.500. The molecular formula is C22H29FN6. The van der Waals surface area contributed by atoms with Crippen molar-refractivity contribution in [2.24, 2.45) is 5.41 Å². The molecule has 7 heteroatoms. The number of halogens is 1. The second-order valence-corrected chi connectivity index (χ2v) is 9.14. The van der Waals surface area contributed by atoms with Crippen LogP contribution in [-0.4, -0.2) is 51.9 Å². The van der Waals surface area contributed by atoms with Crippen LogP contribution in [0.5, 0.6) is 0 Å². The molecular weight excluding hydrogens is 367 g/mol. The standard InChI is InChI=1S/C22H29FN6/c1-22(2,14-28(3)4)13-24-20-18(15-7-5-8-15)12-19-25-26-21(29(19)27-20)16-9-6-10-17(23)11-16/h6,9-12,15H,5,7-8,13-14H2,1-4H3,(H,24,27). The zero-order chi connectivity index (χ0) is 20.6. The van der Waals surface area contributed by atoms with Crippen LogP contribution < -0.4 is 5.32 Å². The summed E-state index contributed by atoms with van der Waals surface area (Å²) in [6.45, 7) is 6.28. The first-order valence-electron chi connectivity index (χ1n) is 10.2. The number of benzene rings is 1. The van der Waals surface area contributed by atoms with E-state index >= 15 is 0 Å². The van der Waals surface area contributed by atoms with E-state index in [0.717, 1.165) is 18.9 Å². The predicted molar refractivity (Wildman–Crippen MR) is 114 cm³/mol. The maximum absolute atomic E-state index is 13.7. The third-order valence-electron chi connectivity index (χ3n) is 5.53. The van der Waals surface area contributed by atoms with E-state index < -0.39 is 0 Å². The SMILES string of the molecule is CN(C)CC(C)(C)CNc1nn2c(-c3cccc(F)c3)nnc2cc1C1CCC1. The Morgan fingerprint density at radius 1 is 1.21 bits per heavy atom. The van der Waals surface area contributed by atoms with Gasteiger partial charge < -0.3 is 10.2 Å². The minimum atomic E-state index is -0.297. The lowest BCUT2D eigenvalue weighted by atomic mass is 9.80. The van der Waals surface area contributed by atoms with Crippen LogP contribution in [0.1, 0.15) is 44.6 Å². The van der Waals surface area contributed by atoms with Gasteiger partial charge in [-0.1, -0.05) is 32.4 Å². The molecule has 0 radical (unpaired) electrons. The summed E-state index contributed by atoms with van der Waals surface area (Å²) in [5.74, 6) is 1.65. The van der Waals surface area contributed by atoms with Gasteiger partial charge in [0.1, 0.15) is 5.82 Å². The van der Waals surface area contributed by atoms with Crippen molar-refractivity contribution >= 4 is 11.5 Å². The minimum absolute atomic E-state index is 0.0929. The van der Waals surface area contributed by atoms with Gasteiger partial charge in [-0.2, -0.15) is 4.52 Å². The lowest BCUT2D eigenvalue weighted by molar-refractivity contribution is 0.254. The summed E-state index contributed by atoms with van der Waals surface area (Å²) in [6.07, 6.45) is 3.61. The monoisotopic (exact) mass is 396 g/mol. The lowest BCUT2D eigenvalue weighted by Crippen LogP contribution is -2.35. The van der Waals surface area contributed by atoms with E-state index in [2.05, 4.69) is 54.4 Å². The molecule has 1 fully saturated rings. The molecule has 1 N–H and O–H groups in total. The van der Waals surface area contributed by atoms with Gasteiger partial charge in [0.15, 0.2) is 17.3 Å². The number of fused-ring (bicyclic) bond motifs is 1. The molecule has 0 bridgehead atoms. The quantitative estimate of drug-likeness (QED) is 0.649.